The lowest BCUT2D eigenvalue weighted by atomic mass is 10.1. The van der Waals surface area contributed by atoms with Gasteiger partial charge in [-0.3, -0.25) is 9.48 Å². The molecule has 23 heavy (non-hydrogen) atoms. The number of amides is 1. The molecule has 0 saturated carbocycles. The van der Waals surface area contributed by atoms with Gasteiger partial charge < -0.3 is 16.0 Å². The Morgan fingerprint density at radius 2 is 2.35 bits per heavy atom. The molecule has 1 amide bonds. The van der Waals surface area contributed by atoms with Crippen LogP contribution in [-0.4, -0.2) is 41.9 Å². The number of halogens is 1. The van der Waals surface area contributed by atoms with E-state index >= 15 is 0 Å². The fourth-order valence-corrected chi connectivity index (χ4v) is 3.31. The minimum absolute atomic E-state index is 0.132. The van der Waals surface area contributed by atoms with Gasteiger partial charge >= 0.3 is 0 Å². The van der Waals surface area contributed by atoms with Gasteiger partial charge in [-0.15, -0.1) is 0 Å². The molecule has 3 N–H and O–H groups in total. The molecule has 1 saturated heterocycles. The number of primary amides is 1. The molecule has 1 aliphatic rings. The first-order chi connectivity index (χ1) is 11.0. The summed E-state index contributed by atoms with van der Waals surface area (Å²) in [5.74, 6) is -0.849. The lowest BCUT2D eigenvalue weighted by molar-refractivity contribution is 0.0998. The van der Waals surface area contributed by atoms with Crippen LogP contribution in [0.3, 0.4) is 0 Å². The average Bonchev–Trinajstić information content (AvgIpc) is 3.09. The van der Waals surface area contributed by atoms with E-state index in [9.17, 15) is 9.18 Å². The maximum atomic E-state index is 14.4. The fourth-order valence-electron chi connectivity index (χ4n) is 3.31. The van der Waals surface area contributed by atoms with E-state index in [0.29, 0.717) is 11.4 Å². The number of aryl methyl sites for hydroxylation is 1. The molecule has 1 unspecified atom stereocenters. The van der Waals surface area contributed by atoms with Gasteiger partial charge in [0.25, 0.3) is 5.91 Å². The van der Waals surface area contributed by atoms with Crippen molar-refractivity contribution in [3.63, 3.8) is 0 Å². The molecule has 6 nitrogen and oxygen atoms in total. The third kappa shape index (κ3) is 2.88. The number of hydrogen-bond donors (Lipinski definition) is 2. The predicted molar refractivity (Wildman–Crippen MR) is 88.1 cm³/mol. The topological polar surface area (TPSA) is 76.2 Å². The first-order valence-corrected chi connectivity index (χ1v) is 7.92. The first-order valence-electron chi connectivity index (χ1n) is 7.92. The Kier molecular flexibility index (Phi) is 4.21. The van der Waals surface area contributed by atoms with Gasteiger partial charge in [0.2, 0.25) is 0 Å². The van der Waals surface area contributed by atoms with Crippen LogP contribution >= 0.6 is 0 Å². The highest BCUT2D eigenvalue weighted by atomic mass is 19.1. The van der Waals surface area contributed by atoms with Gasteiger partial charge in [0.1, 0.15) is 16.9 Å². The van der Waals surface area contributed by atoms with Crippen molar-refractivity contribution in [3.8, 4) is 0 Å². The van der Waals surface area contributed by atoms with Gasteiger partial charge in [-0.1, -0.05) is 6.92 Å². The number of nitrogens with one attached hydrogen (secondary N) is 1. The van der Waals surface area contributed by atoms with Crippen molar-refractivity contribution < 1.29 is 9.18 Å². The summed E-state index contributed by atoms with van der Waals surface area (Å²) >= 11 is 0. The van der Waals surface area contributed by atoms with Crippen LogP contribution in [-0.2, 0) is 7.05 Å². The van der Waals surface area contributed by atoms with E-state index in [1.54, 1.807) is 11.7 Å². The summed E-state index contributed by atoms with van der Waals surface area (Å²) in [5, 5.41) is 8.36. The maximum Gasteiger partial charge on any atom is 0.253 e. The van der Waals surface area contributed by atoms with Crippen LogP contribution in [0, 0.1) is 11.7 Å². The smallest absolute Gasteiger partial charge is 0.253 e. The largest absolute Gasteiger partial charge is 0.371 e. The van der Waals surface area contributed by atoms with E-state index in [1.807, 2.05) is 6.20 Å². The summed E-state index contributed by atoms with van der Waals surface area (Å²) in [7, 11) is 1.75. The van der Waals surface area contributed by atoms with Crippen LogP contribution in [0.5, 0.6) is 0 Å². The highest BCUT2D eigenvalue weighted by molar-refractivity contribution is 6.08. The highest BCUT2D eigenvalue weighted by Gasteiger charge is 2.27. The number of anilines is 1. The molecule has 1 atom stereocenters. The maximum absolute atomic E-state index is 14.4. The van der Waals surface area contributed by atoms with E-state index in [-0.39, 0.29) is 5.56 Å². The molecule has 1 aromatic carbocycles. The highest BCUT2D eigenvalue weighted by Crippen LogP contribution is 2.33. The molecule has 2 aromatic rings. The lowest BCUT2D eigenvalue weighted by Gasteiger charge is -2.20. The summed E-state index contributed by atoms with van der Waals surface area (Å²) in [4.78, 5) is 13.7. The molecular formula is C16H22FN5O. The van der Waals surface area contributed by atoms with E-state index in [0.717, 1.165) is 43.7 Å². The van der Waals surface area contributed by atoms with Crippen molar-refractivity contribution in [2.24, 2.45) is 18.7 Å². The Bertz CT molecular complexity index is 742. The SMILES string of the molecule is CCNCC1CCN(c2cc(F)c(C(N)=O)c3nn(C)cc23)C1. The van der Waals surface area contributed by atoms with Crippen molar-refractivity contribution in [1.82, 2.24) is 15.1 Å². The van der Waals surface area contributed by atoms with Crippen molar-refractivity contribution >= 4 is 22.5 Å². The van der Waals surface area contributed by atoms with Crippen molar-refractivity contribution in [1.29, 1.82) is 0 Å². The molecule has 1 aromatic heterocycles. The molecule has 2 heterocycles. The van der Waals surface area contributed by atoms with Gasteiger partial charge in [-0.05, 0) is 31.5 Å². The van der Waals surface area contributed by atoms with Crippen LogP contribution in [0.2, 0.25) is 0 Å². The summed E-state index contributed by atoms with van der Waals surface area (Å²) in [6.45, 7) is 5.74. The number of nitrogens with two attached hydrogens (primary N) is 1. The quantitative estimate of drug-likeness (QED) is 0.869. The Labute approximate surface area is 134 Å². The van der Waals surface area contributed by atoms with Gasteiger partial charge in [0.05, 0.1) is 5.69 Å². The lowest BCUT2D eigenvalue weighted by Crippen LogP contribution is -2.26. The second-order valence-electron chi connectivity index (χ2n) is 6.09. The van der Waals surface area contributed by atoms with Crippen LogP contribution in [0.15, 0.2) is 12.3 Å². The number of nitrogens with zero attached hydrogens (tertiary/aromatic N) is 3. The summed E-state index contributed by atoms with van der Waals surface area (Å²) < 4.78 is 16.0. The number of aromatic nitrogens is 2. The average molecular weight is 319 g/mol. The van der Waals surface area contributed by atoms with Crippen molar-refractivity contribution in [2.45, 2.75) is 13.3 Å². The predicted octanol–water partition coefficient (Wildman–Crippen LogP) is 1.25. The van der Waals surface area contributed by atoms with Crippen molar-refractivity contribution in [2.75, 3.05) is 31.1 Å². The number of carbonyl (C=O) groups is 1. The molecule has 0 spiro atoms. The Hall–Kier alpha value is -2.15. The van der Waals surface area contributed by atoms with Gasteiger partial charge in [0, 0.05) is 31.7 Å². The molecule has 0 bridgehead atoms. The van der Waals surface area contributed by atoms with Crippen LogP contribution < -0.4 is 16.0 Å². The second-order valence-corrected chi connectivity index (χ2v) is 6.09. The van der Waals surface area contributed by atoms with Crippen molar-refractivity contribution in [3.05, 3.63) is 23.6 Å². The molecule has 7 heteroatoms. The number of hydrogen-bond acceptors (Lipinski definition) is 4. The Morgan fingerprint density at radius 3 is 3.04 bits per heavy atom. The van der Waals surface area contributed by atoms with E-state index < -0.39 is 11.7 Å². The minimum atomic E-state index is -0.788. The molecule has 0 radical (unpaired) electrons. The normalized spacial score (nSPS) is 18.0. The van der Waals surface area contributed by atoms with Gasteiger partial charge in [-0.25, -0.2) is 4.39 Å². The molecule has 0 aliphatic carbocycles. The van der Waals surface area contributed by atoms with E-state index in [2.05, 4.69) is 22.2 Å². The standard InChI is InChI=1S/C16H22FN5O/c1-3-19-7-10-4-5-22(8-10)13-6-12(17)14(16(18)23)15-11(13)9-21(2)20-15/h6,9-10,19H,3-5,7-8H2,1-2H3,(H2,18,23). The first kappa shape index (κ1) is 15.7. The number of rotatable bonds is 5. The van der Waals surface area contributed by atoms with Crippen LogP contribution in [0.4, 0.5) is 10.1 Å². The van der Waals surface area contributed by atoms with E-state index in [4.69, 9.17) is 5.73 Å². The summed E-state index contributed by atoms with van der Waals surface area (Å²) in [6.07, 6.45) is 2.88. The minimum Gasteiger partial charge on any atom is -0.371 e. The molecule has 3 rings (SSSR count). The van der Waals surface area contributed by atoms with Crippen LogP contribution in [0.1, 0.15) is 23.7 Å². The third-order valence-electron chi connectivity index (χ3n) is 4.40. The number of benzene rings is 1. The molecular weight excluding hydrogens is 297 g/mol. The number of fused-ring (bicyclic) bond motifs is 1. The zero-order valence-corrected chi connectivity index (χ0v) is 13.5. The monoisotopic (exact) mass is 319 g/mol. The molecule has 124 valence electrons. The zero-order chi connectivity index (χ0) is 16.6. The second kappa shape index (κ2) is 6.16. The fraction of sp³-hybridized carbons (Fsp3) is 0.500. The summed E-state index contributed by atoms with van der Waals surface area (Å²) in [6, 6.07) is 1.42. The Balaban J connectivity index is 1.99. The van der Waals surface area contributed by atoms with Gasteiger partial charge in [-0.2, -0.15) is 5.10 Å². The summed E-state index contributed by atoms with van der Waals surface area (Å²) in [5.41, 5.74) is 6.31. The van der Waals surface area contributed by atoms with Crippen LogP contribution in [0.25, 0.3) is 10.9 Å². The van der Waals surface area contributed by atoms with Gasteiger partial charge in [0.15, 0.2) is 0 Å². The zero-order valence-electron chi connectivity index (χ0n) is 13.5. The molecule has 1 fully saturated rings. The van der Waals surface area contributed by atoms with E-state index in [1.165, 1.54) is 6.07 Å². The molecule has 1 aliphatic heterocycles. The number of carbonyl (C=O) groups excluding carboxylic acids is 1. The third-order valence-corrected chi connectivity index (χ3v) is 4.40. The Morgan fingerprint density at radius 1 is 1.57 bits per heavy atom.